The second kappa shape index (κ2) is 7.94. The molecular weight excluding hydrogens is 275 g/mol. The van der Waals surface area contributed by atoms with Gasteiger partial charge in [0.15, 0.2) is 0 Å². The van der Waals surface area contributed by atoms with E-state index < -0.39 is 19.8 Å². The highest BCUT2D eigenvalue weighted by atomic mass is 31.2. The minimum absolute atomic E-state index is 0.0831. The lowest BCUT2D eigenvalue weighted by atomic mass is 10.3. The van der Waals surface area contributed by atoms with Crippen LogP contribution in [0.5, 0.6) is 0 Å². The van der Waals surface area contributed by atoms with Gasteiger partial charge < -0.3 is 19.4 Å². The molecular formula is C10H24N2O6P+. The Morgan fingerprint density at radius 2 is 1.95 bits per heavy atom. The average Bonchev–Trinajstić information content (AvgIpc) is 2.27. The van der Waals surface area contributed by atoms with Crippen LogP contribution in [0.2, 0.25) is 0 Å². The molecule has 0 aliphatic carbocycles. The third-order valence-corrected chi connectivity index (χ3v) is 3.24. The maximum atomic E-state index is 11.6. The number of methoxy groups -OCH3 is 1. The van der Waals surface area contributed by atoms with Crippen molar-refractivity contribution in [1.82, 2.24) is 5.32 Å². The van der Waals surface area contributed by atoms with Gasteiger partial charge in [-0.05, 0) is 7.05 Å². The number of ether oxygens (including phenoxy) is 1. The Balaban J connectivity index is 4.15. The molecule has 0 aliphatic rings. The first-order valence-corrected chi connectivity index (χ1v) is 7.28. The summed E-state index contributed by atoms with van der Waals surface area (Å²) in [5, 5.41) is 2.62. The summed E-state index contributed by atoms with van der Waals surface area (Å²) in [6.45, 7) is 0.335. The van der Waals surface area contributed by atoms with Crippen molar-refractivity contribution in [3.05, 3.63) is 0 Å². The highest BCUT2D eigenvalue weighted by Crippen LogP contribution is 2.43. The number of hydrogen-bond acceptors (Lipinski definition) is 6. The van der Waals surface area contributed by atoms with Crippen LogP contribution in [0.4, 0.5) is 0 Å². The Bertz CT molecular complexity index is 330. The average molecular weight is 299 g/mol. The number of quaternary nitrogens is 1. The van der Waals surface area contributed by atoms with Gasteiger partial charge >= 0.3 is 13.8 Å². The fraction of sp³-hybridized carbons (Fsp3) is 0.900. The van der Waals surface area contributed by atoms with Crippen molar-refractivity contribution in [3.8, 4) is 0 Å². The molecule has 0 aromatic rings. The topological polar surface area (TPSA) is 94.1 Å². The van der Waals surface area contributed by atoms with Crippen LogP contribution in [0.3, 0.4) is 0 Å². The Hall–Kier alpha value is -0.500. The van der Waals surface area contributed by atoms with Crippen LogP contribution in [-0.4, -0.2) is 76.4 Å². The van der Waals surface area contributed by atoms with Gasteiger partial charge in [0.05, 0.1) is 34.9 Å². The molecule has 0 spiro atoms. The van der Waals surface area contributed by atoms with Crippen LogP contribution in [-0.2, 0) is 23.1 Å². The van der Waals surface area contributed by atoms with Crippen molar-refractivity contribution in [2.24, 2.45) is 0 Å². The summed E-state index contributed by atoms with van der Waals surface area (Å²) in [6, 6.07) is -0.813. The first-order chi connectivity index (χ1) is 8.61. The third-order valence-electron chi connectivity index (χ3n) is 2.26. The Labute approximate surface area is 113 Å². The number of likely N-dealkylation sites (N-methyl/N-ethyl adjacent to an activating group) is 2. The number of carbonyl (C=O) groups is 1. The molecule has 2 N–H and O–H groups in total. The number of carbonyl (C=O) groups excluding carboxylic acids is 1. The minimum atomic E-state index is -4.15. The summed E-state index contributed by atoms with van der Waals surface area (Å²) < 4.78 is 26.2. The zero-order valence-corrected chi connectivity index (χ0v) is 13.0. The van der Waals surface area contributed by atoms with Gasteiger partial charge in [-0.3, -0.25) is 13.8 Å². The molecule has 8 nitrogen and oxygen atoms in total. The monoisotopic (exact) mass is 299 g/mol. The number of rotatable bonds is 9. The molecule has 0 aromatic heterocycles. The highest BCUT2D eigenvalue weighted by molar-refractivity contribution is 7.47. The lowest BCUT2D eigenvalue weighted by Crippen LogP contribution is -2.39. The van der Waals surface area contributed by atoms with E-state index in [0.717, 1.165) is 0 Å². The van der Waals surface area contributed by atoms with Gasteiger partial charge in [0.1, 0.15) is 19.2 Å². The standard InChI is InChI=1S/C10H23N2O6P/c1-11-9(10(13)16-5)8-18-19(14,15)17-7-6-12(2,3)4/h9,11H,6-8H2,1-5H3/p+1/t9-/m1/s1. The quantitative estimate of drug-likeness (QED) is 0.339. The summed E-state index contributed by atoms with van der Waals surface area (Å²) in [5.41, 5.74) is 0. The van der Waals surface area contributed by atoms with Crippen LogP contribution < -0.4 is 5.32 Å². The molecule has 0 amide bonds. The van der Waals surface area contributed by atoms with Crippen molar-refractivity contribution in [2.45, 2.75) is 6.04 Å². The van der Waals surface area contributed by atoms with Crippen molar-refractivity contribution in [2.75, 3.05) is 55.1 Å². The van der Waals surface area contributed by atoms with E-state index in [4.69, 9.17) is 9.05 Å². The predicted octanol–water partition coefficient (Wildman–Crippen LogP) is -0.413. The van der Waals surface area contributed by atoms with Crippen molar-refractivity contribution in [3.63, 3.8) is 0 Å². The number of phosphoric ester groups is 1. The maximum absolute atomic E-state index is 11.6. The van der Waals surface area contributed by atoms with Crippen molar-refractivity contribution >= 4 is 13.8 Å². The molecule has 0 saturated heterocycles. The van der Waals surface area contributed by atoms with Crippen molar-refractivity contribution in [1.29, 1.82) is 0 Å². The van der Waals surface area contributed by atoms with E-state index in [2.05, 4.69) is 10.1 Å². The molecule has 0 saturated carbocycles. The van der Waals surface area contributed by atoms with Gasteiger partial charge in [-0.1, -0.05) is 0 Å². The normalized spacial score (nSPS) is 16.7. The van der Waals surface area contributed by atoms with Crippen LogP contribution in [0.25, 0.3) is 0 Å². The minimum Gasteiger partial charge on any atom is -0.468 e. The molecule has 9 heteroatoms. The molecule has 0 rings (SSSR count). The summed E-state index contributed by atoms with van der Waals surface area (Å²) >= 11 is 0. The highest BCUT2D eigenvalue weighted by Gasteiger charge is 2.26. The smallest absolute Gasteiger partial charge is 0.468 e. The van der Waals surface area contributed by atoms with E-state index in [9.17, 15) is 14.3 Å². The van der Waals surface area contributed by atoms with E-state index in [1.165, 1.54) is 14.2 Å². The zero-order chi connectivity index (χ0) is 15.1. The molecule has 0 fully saturated rings. The molecule has 2 atom stereocenters. The van der Waals surface area contributed by atoms with Crippen LogP contribution >= 0.6 is 7.82 Å². The van der Waals surface area contributed by atoms with E-state index in [1.807, 2.05) is 21.1 Å². The van der Waals surface area contributed by atoms with Crippen molar-refractivity contribution < 1.29 is 32.5 Å². The molecule has 114 valence electrons. The lowest BCUT2D eigenvalue weighted by Gasteiger charge is -2.24. The molecule has 0 aromatic carbocycles. The predicted molar refractivity (Wildman–Crippen MR) is 69.5 cm³/mol. The van der Waals surface area contributed by atoms with Crippen LogP contribution in [0, 0.1) is 0 Å². The summed E-state index contributed by atoms with van der Waals surface area (Å²) in [7, 11) is 4.38. The Morgan fingerprint density at radius 1 is 1.37 bits per heavy atom. The zero-order valence-electron chi connectivity index (χ0n) is 12.1. The number of nitrogens with one attached hydrogen (secondary N) is 1. The lowest BCUT2D eigenvalue weighted by molar-refractivity contribution is -0.870. The summed E-state index contributed by atoms with van der Waals surface area (Å²) in [4.78, 5) is 20.7. The Kier molecular flexibility index (Phi) is 7.73. The number of hydrogen-bond donors (Lipinski definition) is 2. The second-order valence-corrected chi connectivity index (χ2v) is 6.43. The van der Waals surface area contributed by atoms with E-state index in [-0.39, 0.29) is 13.2 Å². The third kappa shape index (κ3) is 9.10. The number of esters is 1. The van der Waals surface area contributed by atoms with Gasteiger partial charge in [-0.25, -0.2) is 4.57 Å². The number of nitrogens with zero attached hydrogens (tertiary/aromatic N) is 1. The maximum Gasteiger partial charge on any atom is 0.472 e. The summed E-state index contributed by atoms with van der Waals surface area (Å²) in [6.07, 6.45) is 0. The molecule has 0 heterocycles. The molecule has 1 unspecified atom stereocenters. The van der Waals surface area contributed by atoms with Gasteiger partial charge in [0, 0.05) is 0 Å². The number of phosphoric acid groups is 1. The summed E-state index contributed by atoms with van der Waals surface area (Å²) in [5.74, 6) is -0.575. The SMILES string of the molecule is CN[C@H](COP(=O)(O)OCC[N+](C)(C)C)C(=O)OC. The van der Waals surface area contributed by atoms with Gasteiger partial charge in [-0.15, -0.1) is 0 Å². The fourth-order valence-corrected chi connectivity index (χ4v) is 1.77. The molecule has 0 aliphatic heterocycles. The van der Waals surface area contributed by atoms with Crippen LogP contribution in [0.15, 0.2) is 0 Å². The van der Waals surface area contributed by atoms with Gasteiger partial charge in [-0.2, -0.15) is 0 Å². The fourth-order valence-electron chi connectivity index (χ4n) is 1.05. The molecule has 0 bridgehead atoms. The largest absolute Gasteiger partial charge is 0.472 e. The van der Waals surface area contributed by atoms with Crippen LogP contribution in [0.1, 0.15) is 0 Å². The molecule has 19 heavy (non-hydrogen) atoms. The van der Waals surface area contributed by atoms with Gasteiger partial charge in [0.2, 0.25) is 0 Å². The van der Waals surface area contributed by atoms with E-state index in [1.54, 1.807) is 0 Å². The first-order valence-electron chi connectivity index (χ1n) is 5.79. The van der Waals surface area contributed by atoms with E-state index in [0.29, 0.717) is 11.0 Å². The second-order valence-electron chi connectivity index (χ2n) is 4.98. The Morgan fingerprint density at radius 3 is 2.37 bits per heavy atom. The molecule has 0 radical (unpaired) electrons. The van der Waals surface area contributed by atoms with E-state index >= 15 is 0 Å². The first kappa shape index (κ1) is 18.5. The van der Waals surface area contributed by atoms with Gasteiger partial charge in [0.25, 0.3) is 0 Å².